The highest BCUT2D eigenvalue weighted by Crippen LogP contribution is 2.18. The van der Waals surface area contributed by atoms with E-state index >= 15 is 0 Å². The van der Waals surface area contributed by atoms with Crippen molar-refractivity contribution >= 4 is 11.6 Å². The first kappa shape index (κ1) is 15.9. The van der Waals surface area contributed by atoms with Gasteiger partial charge < -0.3 is 4.90 Å². The minimum atomic E-state index is -0.327. The Labute approximate surface area is 139 Å². The lowest BCUT2D eigenvalue weighted by atomic mass is 10.1. The lowest BCUT2D eigenvalue weighted by Crippen LogP contribution is -2.30. The van der Waals surface area contributed by atoms with E-state index < -0.39 is 0 Å². The van der Waals surface area contributed by atoms with Gasteiger partial charge in [0.15, 0.2) is 5.69 Å². The van der Waals surface area contributed by atoms with E-state index in [1.807, 2.05) is 37.3 Å². The Morgan fingerprint density at radius 2 is 1.83 bits per heavy atom. The monoisotopic (exact) mass is 323 g/mol. The fourth-order valence-electron chi connectivity index (χ4n) is 2.58. The van der Waals surface area contributed by atoms with Gasteiger partial charge in [-0.05, 0) is 42.8 Å². The van der Waals surface area contributed by atoms with Crippen LogP contribution in [0.3, 0.4) is 0 Å². The van der Waals surface area contributed by atoms with Gasteiger partial charge in [0.05, 0.1) is 0 Å². The molecule has 1 heterocycles. The van der Waals surface area contributed by atoms with Gasteiger partial charge in [-0.2, -0.15) is 5.10 Å². The fourth-order valence-corrected chi connectivity index (χ4v) is 2.58. The lowest BCUT2D eigenvalue weighted by molar-refractivity contribution is 0.0983. The Morgan fingerprint density at radius 3 is 2.50 bits per heavy atom. The maximum Gasteiger partial charge on any atom is 0.278 e. The number of aromatic nitrogens is 2. The molecule has 0 radical (unpaired) electrons. The molecule has 0 fully saturated rings. The summed E-state index contributed by atoms with van der Waals surface area (Å²) in [6.07, 6.45) is 0.684. The number of halogens is 1. The van der Waals surface area contributed by atoms with Crippen LogP contribution in [-0.2, 0) is 6.42 Å². The third-order valence-electron chi connectivity index (χ3n) is 3.79. The van der Waals surface area contributed by atoms with E-state index in [-0.39, 0.29) is 11.7 Å². The van der Waals surface area contributed by atoms with Gasteiger partial charge in [-0.25, -0.2) is 4.39 Å². The normalized spacial score (nSPS) is 10.6. The number of H-pyrrole nitrogens is 1. The minimum Gasteiger partial charge on any atom is -0.307 e. The van der Waals surface area contributed by atoms with Crippen LogP contribution < -0.4 is 4.90 Å². The second-order valence-electron chi connectivity index (χ2n) is 5.47. The molecule has 122 valence electrons. The highest BCUT2D eigenvalue weighted by molar-refractivity contribution is 6.04. The minimum absolute atomic E-state index is 0.209. The van der Waals surface area contributed by atoms with Crippen molar-refractivity contribution in [3.8, 4) is 0 Å². The summed E-state index contributed by atoms with van der Waals surface area (Å²) >= 11 is 0. The zero-order valence-corrected chi connectivity index (χ0v) is 13.4. The summed E-state index contributed by atoms with van der Waals surface area (Å²) in [7, 11) is 0. The standard InChI is InChI=1S/C19H18FN3O/c1-2-23(17-10-8-15(20)9-11-17)19(24)18-13-16(21-22-18)12-14-6-4-3-5-7-14/h3-11,13H,2,12H2,1H3,(H,21,22). The molecule has 0 saturated carbocycles. The molecule has 5 heteroatoms. The van der Waals surface area contributed by atoms with Crippen molar-refractivity contribution in [2.45, 2.75) is 13.3 Å². The SMILES string of the molecule is CCN(C(=O)c1cc(Cc2ccccc2)[nH]n1)c1ccc(F)cc1. The Kier molecular flexibility index (Phi) is 4.70. The zero-order chi connectivity index (χ0) is 16.9. The van der Waals surface area contributed by atoms with Gasteiger partial charge in [0, 0.05) is 24.3 Å². The van der Waals surface area contributed by atoms with E-state index in [2.05, 4.69) is 10.2 Å². The van der Waals surface area contributed by atoms with Crippen molar-refractivity contribution in [2.24, 2.45) is 0 Å². The molecule has 0 saturated heterocycles. The van der Waals surface area contributed by atoms with E-state index in [0.29, 0.717) is 24.3 Å². The maximum absolute atomic E-state index is 13.1. The quantitative estimate of drug-likeness (QED) is 0.776. The molecule has 0 aliphatic rings. The van der Waals surface area contributed by atoms with Crippen LogP contribution in [-0.4, -0.2) is 22.6 Å². The highest BCUT2D eigenvalue weighted by Gasteiger charge is 2.19. The molecule has 0 atom stereocenters. The molecule has 0 bridgehead atoms. The first-order valence-corrected chi connectivity index (χ1v) is 7.83. The molecular formula is C19H18FN3O. The van der Waals surface area contributed by atoms with E-state index in [1.54, 1.807) is 23.1 Å². The number of rotatable bonds is 5. The van der Waals surface area contributed by atoms with Crippen LogP contribution >= 0.6 is 0 Å². The zero-order valence-electron chi connectivity index (χ0n) is 13.4. The van der Waals surface area contributed by atoms with Gasteiger partial charge in [-0.15, -0.1) is 0 Å². The average molecular weight is 323 g/mol. The number of benzene rings is 2. The van der Waals surface area contributed by atoms with Gasteiger partial charge in [0.25, 0.3) is 5.91 Å². The van der Waals surface area contributed by atoms with Crippen LogP contribution in [0.4, 0.5) is 10.1 Å². The van der Waals surface area contributed by atoms with Gasteiger partial charge in [0.1, 0.15) is 5.82 Å². The molecule has 3 aromatic rings. The van der Waals surface area contributed by atoms with Crippen LogP contribution in [0.1, 0.15) is 28.7 Å². The second kappa shape index (κ2) is 7.08. The lowest BCUT2D eigenvalue weighted by Gasteiger charge is -2.19. The first-order chi connectivity index (χ1) is 11.7. The van der Waals surface area contributed by atoms with Gasteiger partial charge in [-0.1, -0.05) is 30.3 Å². The van der Waals surface area contributed by atoms with Crippen molar-refractivity contribution in [3.63, 3.8) is 0 Å². The van der Waals surface area contributed by atoms with Crippen molar-refractivity contribution in [3.05, 3.63) is 83.4 Å². The first-order valence-electron chi connectivity index (χ1n) is 7.83. The van der Waals surface area contributed by atoms with Crippen LogP contribution in [0.2, 0.25) is 0 Å². The number of hydrogen-bond acceptors (Lipinski definition) is 2. The van der Waals surface area contributed by atoms with Gasteiger partial charge >= 0.3 is 0 Å². The predicted molar refractivity (Wildman–Crippen MR) is 91.6 cm³/mol. The van der Waals surface area contributed by atoms with Crippen molar-refractivity contribution < 1.29 is 9.18 Å². The Bertz CT molecular complexity index is 812. The third-order valence-corrected chi connectivity index (χ3v) is 3.79. The van der Waals surface area contributed by atoms with E-state index in [4.69, 9.17) is 0 Å². The molecule has 1 N–H and O–H groups in total. The molecule has 1 aromatic heterocycles. The summed E-state index contributed by atoms with van der Waals surface area (Å²) in [6, 6.07) is 17.6. The number of anilines is 1. The molecule has 24 heavy (non-hydrogen) atoms. The van der Waals surface area contributed by atoms with Gasteiger partial charge in [-0.3, -0.25) is 9.89 Å². The molecule has 1 amide bonds. The molecule has 0 aliphatic heterocycles. The Hall–Kier alpha value is -2.95. The largest absolute Gasteiger partial charge is 0.307 e. The summed E-state index contributed by atoms with van der Waals surface area (Å²) in [5.74, 6) is -0.535. The number of nitrogens with zero attached hydrogens (tertiary/aromatic N) is 2. The topological polar surface area (TPSA) is 49.0 Å². The summed E-state index contributed by atoms with van der Waals surface area (Å²) in [6.45, 7) is 2.35. The molecule has 0 spiro atoms. The molecule has 0 aliphatic carbocycles. The molecule has 3 rings (SSSR count). The number of hydrogen-bond donors (Lipinski definition) is 1. The summed E-state index contributed by atoms with van der Waals surface area (Å²) in [4.78, 5) is 14.2. The van der Waals surface area contributed by atoms with Crippen LogP contribution in [0.25, 0.3) is 0 Å². The smallest absolute Gasteiger partial charge is 0.278 e. The summed E-state index contributed by atoms with van der Waals surface area (Å²) in [5, 5.41) is 7.05. The molecule has 4 nitrogen and oxygen atoms in total. The average Bonchev–Trinajstić information content (AvgIpc) is 3.06. The maximum atomic E-state index is 13.1. The van der Waals surface area contributed by atoms with Crippen molar-refractivity contribution in [1.29, 1.82) is 0 Å². The van der Waals surface area contributed by atoms with Gasteiger partial charge in [0.2, 0.25) is 0 Å². The number of carbonyl (C=O) groups excluding carboxylic acids is 1. The molecular weight excluding hydrogens is 305 g/mol. The number of aromatic amines is 1. The molecule has 2 aromatic carbocycles. The van der Waals surface area contributed by atoms with Crippen molar-refractivity contribution in [1.82, 2.24) is 10.2 Å². The fraction of sp³-hybridized carbons (Fsp3) is 0.158. The summed E-state index contributed by atoms with van der Waals surface area (Å²) < 4.78 is 13.1. The third kappa shape index (κ3) is 3.51. The van der Waals surface area contributed by atoms with Crippen LogP contribution in [0.15, 0.2) is 60.7 Å². The van der Waals surface area contributed by atoms with Crippen LogP contribution in [0, 0.1) is 5.82 Å². The molecule has 0 unspecified atom stereocenters. The van der Waals surface area contributed by atoms with E-state index in [9.17, 15) is 9.18 Å². The van der Waals surface area contributed by atoms with E-state index in [1.165, 1.54) is 12.1 Å². The summed E-state index contributed by atoms with van der Waals surface area (Å²) in [5.41, 5.74) is 3.02. The Balaban J connectivity index is 1.78. The number of amides is 1. The second-order valence-corrected chi connectivity index (χ2v) is 5.47. The number of carbonyl (C=O) groups is 1. The van der Waals surface area contributed by atoms with E-state index in [0.717, 1.165) is 11.3 Å². The Morgan fingerprint density at radius 1 is 1.12 bits per heavy atom. The van der Waals surface area contributed by atoms with Crippen molar-refractivity contribution in [2.75, 3.05) is 11.4 Å². The predicted octanol–water partition coefficient (Wildman–Crippen LogP) is 3.81. The number of nitrogens with one attached hydrogen (secondary N) is 1. The highest BCUT2D eigenvalue weighted by atomic mass is 19.1. The van der Waals surface area contributed by atoms with Crippen LogP contribution in [0.5, 0.6) is 0 Å².